The maximum atomic E-state index is 9.22. The lowest BCUT2D eigenvalue weighted by molar-refractivity contribution is 0.00355. The van der Waals surface area contributed by atoms with Crippen LogP contribution >= 0.6 is 0 Å². The molecular weight excluding hydrogens is 262 g/mol. The van der Waals surface area contributed by atoms with Crippen molar-refractivity contribution in [3.05, 3.63) is 23.8 Å². The van der Waals surface area contributed by atoms with Crippen LogP contribution in [0.4, 0.5) is 5.69 Å². The van der Waals surface area contributed by atoms with Crippen molar-refractivity contribution in [3.8, 4) is 5.75 Å². The van der Waals surface area contributed by atoms with Gasteiger partial charge in [0, 0.05) is 24.7 Å². The number of benzene rings is 1. The Labute approximate surface area is 117 Å². The molecule has 2 rings (SSSR count). The zero-order valence-electron chi connectivity index (χ0n) is 11.3. The second-order valence-electron chi connectivity index (χ2n) is 4.49. The maximum Gasteiger partial charge on any atom is 0.172 e. The summed E-state index contributed by atoms with van der Waals surface area (Å²) in [5.74, 6) is 0.719. The van der Waals surface area contributed by atoms with E-state index in [9.17, 15) is 5.11 Å². The minimum atomic E-state index is -0.241. The number of methoxy groups -OCH3 is 1. The predicted molar refractivity (Wildman–Crippen MR) is 74.5 cm³/mol. The van der Waals surface area contributed by atoms with Crippen molar-refractivity contribution in [1.82, 2.24) is 0 Å². The maximum absolute atomic E-state index is 9.22. The molecule has 1 aromatic rings. The minimum absolute atomic E-state index is 0.0368. The SMILES string of the molecule is COc1ccc(/C(N)=N/O)c(N2CCOC(CO)C2)c1. The van der Waals surface area contributed by atoms with Crippen molar-refractivity contribution >= 4 is 11.5 Å². The van der Waals surface area contributed by atoms with Gasteiger partial charge in [0.25, 0.3) is 0 Å². The molecular formula is C13H19N3O4. The minimum Gasteiger partial charge on any atom is -0.497 e. The van der Waals surface area contributed by atoms with Crippen molar-refractivity contribution in [2.24, 2.45) is 10.9 Å². The highest BCUT2D eigenvalue weighted by atomic mass is 16.5. The Kier molecular flexibility index (Phi) is 4.65. The molecule has 20 heavy (non-hydrogen) atoms. The van der Waals surface area contributed by atoms with Crippen LogP contribution < -0.4 is 15.4 Å². The summed E-state index contributed by atoms with van der Waals surface area (Å²) in [5, 5.41) is 21.2. The summed E-state index contributed by atoms with van der Waals surface area (Å²) in [7, 11) is 1.58. The van der Waals surface area contributed by atoms with Crippen LogP contribution in [0.3, 0.4) is 0 Å². The standard InChI is InChI=1S/C13H19N3O4/c1-19-9-2-3-11(13(14)15-18)12(6-9)16-4-5-20-10(7-16)8-17/h2-3,6,10,17-18H,4-5,7-8H2,1H3,(H2,14,15). The molecule has 0 aliphatic carbocycles. The number of oxime groups is 1. The van der Waals surface area contributed by atoms with Gasteiger partial charge in [-0.1, -0.05) is 5.16 Å². The lowest BCUT2D eigenvalue weighted by atomic mass is 10.1. The molecule has 0 amide bonds. The molecule has 4 N–H and O–H groups in total. The van der Waals surface area contributed by atoms with Crippen LogP contribution in [-0.4, -0.2) is 55.7 Å². The van der Waals surface area contributed by atoms with Gasteiger partial charge >= 0.3 is 0 Å². The number of hydrogen-bond acceptors (Lipinski definition) is 6. The van der Waals surface area contributed by atoms with Crippen molar-refractivity contribution in [2.45, 2.75) is 6.10 Å². The van der Waals surface area contributed by atoms with Crippen molar-refractivity contribution in [1.29, 1.82) is 0 Å². The van der Waals surface area contributed by atoms with Gasteiger partial charge in [-0.2, -0.15) is 0 Å². The summed E-state index contributed by atoms with van der Waals surface area (Å²) in [6.07, 6.45) is -0.241. The highest BCUT2D eigenvalue weighted by Gasteiger charge is 2.23. The van der Waals surface area contributed by atoms with Gasteiger partial charge in [0.15, 0.2) is 5.84 Å². The summed E-state index contributed by atoms with van der Waals surface area (Å²) in [5.41, 5.74) is 7.12. The number of nitrogens with zero attached hydrogens (tertiary/aromatic N) is 2. The van der Waals surface area contributed by atoms with E-state index in [-0.39, 0.29) is 18.5 Å². The first-order chi connectivity index (χ1) is 9.69. The van der Waals surface area contributed by atoms with E-state index in [0.717, 1.165) is 5.69 Å². The van der Waals surface area contributed by atoms with Crippen LogP contribution in [0.2, 0.25) is 0 Å². The molecule has 1 aromatic carbocycles. The number of nitrogens with two attached hydrogens (primary N) is 1. The average molecular weight is 281 g/mol. The zero-order valence-corrected chi connectivity index (χ0v) is 11.3. The third-order valence-corrected chi connectivity index (χ3v) is 3.27. The monoisotopic (exact) mass is 281 g/mol. The lowest BCUT2D eigenvalue weighted by Gasteiger charge is -2.34. The van der Waals surface area contributed by atoms with Gasteiger partial charge in [-0.05, 0) is 12.1 Å². The first-order valence-electron chi connectivity index (χ1n) is 6.33. The van der Waals surface area contributed by atoms with Crippen LogP contribution in [0.5, 0.6) is 5.75 Å². The van der Waals surface area contributed by atoms with E-state index in [0.29, 0.717) is 31.0 Å². The molecule has 0 aromatic heterocycles. The van der Waals surface area contributed by atoms with Crippen molar-refractivity contribution < 1.29 is 19.8 Å². The largest absolute Gasteiger partial charge is 0.497 e. The Hall–Kier alpha value is -1.99. The highest BCUT2D eigenvalue weighted by molar-refractivity contribution is 6.02. The predicted octanol–water partition coefficient (Wildman–Crippen LogP) is -0.0128. The first-order valence-corrected chi connectivity index (χ1v) is 6.33. The van der Waals surface area contributed by atoms with Gasteiger partial charge < -0.3 is 30.4 Å². The molecule has 1 aliphatic rings. The van der Waals surface area contributed by atoms with E-state index >= 15 is 0 Å². The molecule has 110 valence electrons. The number of morpholine rings is 1. The number of amidine groups is 1. The molecule has 1 atom stereocenters. The molecule has 0 spiro atoms. The smallest absolute Gasteiger partial charge is 0.172 e. The van der Waals surface area contributed by atoms with Crippen LogP contribution in [0.25, 0.3) is 0 Å². The fraction of sp³-hybridized carbons (Fsp3) is 0.462. The highest BCUT2D eigenvalue weighted by Crippen LogP contribution is 2.27. The van der Waals surface area contributed by atoms with Gasteiger partial charge in [-0.25, -0.2) is 0 Å². The van der Waals surface area contributed by atoms with Crippen LogP contribution in [0.1, 0.15) is 5.56 Å². The first kappa shape index (κ1) is 14.4. The molecule has 7 nitrogen and oxygen atoms in total. The Morgan fingerprint density at radius 2 is 2.40 bits per heavy atom. The summed E-state index contributed by atoms with van der Waals surface area (Å²) >= 11 is 0. The number of aliphatic hydroxyl groups is 1. The molecule has 1 aliphatic heterocycles. The third kappa shape index (κ3) is 2.94. The van der Waals surface area contributed by atoms with Gasteiger partial charge in [-0.3, -0.25) is 0 Å². The third-order valence-electron chi connectivity index (χ3n) is 3.27. The van der Waals surface area contributed by atoms with Crippen molar-refractivity contribution in [3.63, 3.8) is 0 Å². The molecule has 1 heterocycles. The Balaban J connectivity index is 2.36. The summed E-state index contributed by atoms with van der Waals surface area (Å²) in [6.45, 7) is 1.67. The number of aliphatic hydroxyl groups excluding tert-OH is 1. The van der Waals surface area contributed by atoms with Gasteiger partial charge in [0.1, 0.15) is 5.75 Å². The molecule has 7 heteroatoms. The summed E-state index contributed by atoms with van der Waals surface area (Å²) in [4.78, 5) is 2.03. The second kappa shape index (κ2) is 6.44. The quantitative estimate of drug-likeness (QED) is 0.310. The number of hydrogen-bond donors (Lipinski definition) is 3. The summed E-state index contributed by atoms with van der Waals surface area (Å²) in [6, 6.07) is 5.32. The van der Waals surface area contributed by atoms with Crippen LogP contribution in [0.15, 0.2) is 23.4 Å². The fourth-order valence-electron chi connectivity index (χ4n) is 2.22. The topological polar surface area (TPSA) is 101 Å². The normalized spacial score (nSPS) is 20.0. The second-order valence-corrected chi connectivity index (χ2v) is 4.49. The fourth-order valence-corrected chi connectivity index (χ4v) is 2.22. The van der Waals surface area contributed by atoms with E-state index in [1.165, 1.54) is 0 Å². The average Bonchev–Trinajstić information content (AvgIpc) is 2.53. The van der Waals surface area contributed by atoms with E-state index in [1.54, 1.807) is 19.2 Å². The summed E-state index contributed by atoms with van der Waals surface area (Å²) < 4.78 is 10.6. The molecule has 0 saturated carbocycles. The van der Waals surface area contributed by atoms with Gasteiger partial charge in [0.2, 0.25) is 0 Å². The van der Waals surface area contributed by atoms with E-state index in [1.807, 2.05) is 11.0 Å². The van der Waals surface area contributed by atoms with Crippen molar-refractivity contribution in [2.75, 3.05) is 38.3 Å². The Morgan fingerprint density at radius 3 is 3.05 bits per heavy atom. The van der Waals surface area contributed by atoms with Gasteiger partial charge in [-0.15, -0.1) is 0 Å². The molecule has 1 fully saturated rings. The van der Waals surface area contributed by atoms with E-state index < -0.39 is 0 Å². The lowest BCUT2D eigenvalue weighted by Crippen LogP contribution is -2.44. The Bertz CT molecular complexity index is 493. The number of ether oxygens (including phenoxy) is 2. The van der Waals surface area contributed by atoms with Crippen LogP contribution in [0, 0.1) is 0 Å². The van der Waals surface area contributed by atoms with Crippen LogP contribution in [-0.2, 0) is 4.74 Å². The Morgan fingerprint density at radius 1 is 1.60 bits per heavy atom. The van der Waals surface area contributed by atoms with Gasteiger partial charge in [0.05, 0.1) is 32.1 Å². The van der Waals surface area contributed by atoms with E-state index in [2.05, 4.69) is 5.16 Å². The van der Waals surface area contributed by atoms with E-state index in [4.69, 9.17) is 20.4 Å². The molecule has 0 radical (unpaired) electrons. The number of anilines is 1. The zero-order chi connectivity index (χ0) is 14.5. The number of rotatable bonds is 4. The molecule has 1 unspecified atom stereocenters. The molecule has 1 saturated heterocycles. The molecule has 0 bridgehead atoms.